The quantitative estimate of drug-likeness (QED) is 0.815. The third kappa shape index (κ3) is 1.82. The molecule has 1 aliphatic carbocycles. The lowest BCUT2D eigenvalue weighted by Gasteiger charge is -2.11. The molecule has 0 saturated heterocycles. The van der Waals surface area contributed by atoms with Crippen LogP contribution in [0.2, 0.25) is 0 Å². The number of aliphatic carboxylic acids is 1. The Labute approximate surface area is 99.1 Å². The molecule has 1 aromatic carbocycles. The van der Waals surface area contributed by atoms with Gasteiger partial charge in [-0.1, -0.05) is 6.07 Å². The van der Waals surface area contributed by atoms with Crippen LogP contribution < -0.4 is 15.2 Å². The van der Waals surface area contributed by atoms with E-state index >= 15 is 0 Å². The maximum Gasteiger partial charge on any atom is 0.324 e. The minimum atomic E-state index is -1.15. The van der Waals surface area contributed by atoms with E-state index in [1.807, 2.05) is 0 Å². The van der Waals surface area contributed by atoms with Gasteiger partial charge in [-0.05, 0) is 18.1 Å². The molecule has 0 spiro atoms. The fourth-order valence-electron chi connectivity index (χ4n) is 2.01. The number of carboxylic acid groups (broad SMARTS) is 1. The third-order valence-corrected chi connectivity index (χ3v) is 3.22. The van der Waals surface area contributed by atoms with Crippen molar-refractivity contribution in [2.24, 2.45) is 5.73 Å². The van der Waals surface area contributed by atoms with E-state index < -0.39 is 11.5 Å². The Morgan fingerprint density at radius 2 is 2.18 bits per heavy atom. The zero-order valence-electron chi connectivity index (χ0n) is 9.77. The molecule has 17 heavy (non-hydrogen) atoms. The highest BCUT2D eigenvalue weighted by molar-refractivity contribution is 5.85. The fourth-order valence-corrected chi connectivity index (χ4v) is 2.01. The van der Waals surface area contributed by atoms with Crippen LogP contribution in [0.25, 0.3) is 0 Å². The molecular formula is C12H15NO4. The molecule has 2 atom stereocenters. The Bertz CT molecular complexity index is 460. The number of nitrogens with two attached hydrogens (primary N) is 1. The van der Waals surface area contributed by atoms with E-state index in [9.17, 15) is 4.79 Å². The number of ether oxygens (including phenoxy) is 2. The molecule has 1 aromatic rings. The minimum absolute atomic E-state index is 0.194. The molecule has 0 bridgehead atoms. The van der Waals surface area contributed by atoms with E-state index in [0.717, 1.165) is 5.56 Å². The Hall–Kier alpha value is -1.75. The second-order valence-electron chi connectivity index (χ2n) is 4.21. The average molecular weight is 237 g/mol. The number of hydrogen-bond acceptors (Lipinski definition) is 4. The highest BCUT2D eigenvalue weighted by Gasteiger charge is 2.59. The van der Waals surface area contributed by atoms with E-state index in [1.165, 1.54) is 0 Å². The van der Waals surface area contributed by atoms with E-state index in [1.54, 1.807) is 32.4 Å². The standard InChI is InChI=1S/C12H15NO4/c1-16-7-3-4-8(10(5-7)17-2)9-6-12(9,13)11(14)15/h3-5,9H,6,13H2,1-2H3,(H,14,15). The van der Waals surface area contributed by atoms with Gasteiger partial charge in [0.05, 0.1) is 14.2 Å². The lowest BCUT2D eigenvalue weighted by molar-refractivity contribution is -0.139. The van der Waals surface area contributed by atoms with Gasteiger partial charge in [0, 0.05) is 12.0 Å². The summed E-state index contributed by atoms with van der Waals surface area (Å²) < 4.78 is 10.3. The molecule has 2 rings (SSSR count). The summed E-state index contributed by atoms with van der Waals surface area (Å²) in [5.41, 5.74) is 5.44. The van der Waals surface area contributed by atoms with Crippen LogP contribution >= 0.6 is 0 Å². The number of carbonyl (C=O) groups is 1. The lowest BCUT2D eigenvalue weighted by atomic mass is 10.1. The number of hydrogen-bond donors (Lipinski definition) is 2. The van der Waals surface area contributed by atoms with Gasteiger partial charge in [0.25, 0.3) is 0 Å². The van der Waals surface area contributed by atoms with Gasteiger partial charge in [0.1, 0.15) is 17.0 Å². The predicted octanol–water partition coefficient (Wildman–Crippen LogP) is 0.973. The van der Waals surface area contributed by atoms with Crippen LogP contribution in [0.5, 0.6) is 11.5 Å². The van der Waals surface area contributed by atoms with Crippen molar-refractivity contribution in [2.75, 3.05) is 14.2 Å². The largest absolute Gasteiger partial charge is 0.497 e. The van der Waals surface area contributed by atoms with Crippen LogP contribution in [0.3, 0.4) is 0 Å². The maximum atomic E-state index is 11.0. The highest BCUT2D eigenvalue weighted by Crippen LogP contribution is 2.52. The van der Waals surface area contributed by atoms with E-state index in [2.05, 4.69) is 0 Å². The molecule has 0 amide bonds. The van der Waals surface area contributed by atoms with Gasteiger partial charge >= 0.3 is 5.97 Å². The van der Waals surface area contributed by atoms with Crippen molar-refractivity contribution in [3.8, 4) is 11.5 Å². The highest BCUT2D eigenvalue weighted by atomic mass is 16.5. The van der Waals surface area contributed by atoms with Gasteiger partial charge in [0.15, 0.2) is 0 Å². The van der Waals surface area contributed by atoms with Crippen molar-refractivity contribution < 1.29 is 19.4 Å². The van der Waals surface area contributed by atoms with Gasteiger partial charge in [-0.3, -0.25) is 4.79 Å². The molecule has 1 aliphatic rings. The van der Waals surface area contributed by atoms with Gasteiger partial charge in [-0.2, -0.15) is 0 Å². The molecule has 0 heterocycles. The van der Waals surface area contributed by atoms with Crippen molar-refractivity contribution in [1.82, 2.24) is 0 Å². The molecule has 0 aromatic heterocycles. The topological polar surface area (TPSA) is 81.8 Å². The first-order chi connectivity index (χ1) is 8.02. The van der Waals surface area contributed by atoms with Crippen LogP contribution in [0, 0.1) is 0 Å². The van der Waals surface area contributed by atoms with E-state index in [4.69, 9.17) is 20.3 Å². The zero-order chi connectivity index (χ0) is 12.6. The van der Waals surface area contributed by atoms with Crippen LogP contribution in [0.1, 0.15) is 17.9 Å². The number of rotatable bonds is 4. The van der Waals surface area contributed by atoms with Gasteiger partial charge in [0.2, 0.25) is 0 Å². The molecule has 2 unspecified atom stereocenters. The van der Waals surface area contributed by atoms with Crippen molar-refractivity contribution in [3.63, 3.8) is 0 Å². The minimum Gasteiger partial charge on any atom is -0.497 e. The summed E-state index contributed by atoms with van der Waals surface area (Å²) in [7, 11) is 3.11. The maximum absolute atomic E-state index is 11.0. The molecule has 5 heteroatoms. The molecule has 1 fully saturated rings. The second kappa shape index (κ2) is 3.92. The summed E-state index contributed by atoms with van der Waals surface area (Å²) in [5.74, 6) is 0.119. The van der Waals surface area contributed by atoms with Gasteiger partial charge < -0.3 is 20.3 Å². The summed E-state index contributed by atoms with van der Waals surface area (Å²) in [5, 5.41) is 9.02. The van der Waals surface area contributed by atoms with Crippen molar-refractivity contribution in [3.05, 3.63) is 23.8 Å². The molecule has 1 saturated carbocycles. The smallest absolute Gasteiger partial charge is 0.324 e. The van der Waals surface area contributed by atoms with Crippen LogP contribution in [0.4, 0.5) is 0 Å². The van der Waals surface area contributed by atoms with Crippen LogP contribution in [-0.4, -0.2) is 30.8 Å². The summed E-state index contributed by atoms with van der Waals surface area (Å²) >= 11 is 0. The average Bonchev–Trinajstić information content (AvgIpc) is 3.02. The lowest BCUT2D eigenvalue weighted by Crippen LogP contribution is -2.34. The number of benzene rings is 1. The first-order valence-corrected chi connectivity index (χ1v) is 5.27. The zero-order valence-corrected chi connectivity index (χ0v) is 9.77. The van der Waals surface area contributed by atoms with Gasteiger partial charge in [-0.25, -0.2) is 0 Å². The molecule has 0 radical (unpaired) electrons. The summed E-state index contributed by atoms with van der Waals surface area (Å²) in [6, 6.07) is 5.31. The third-order valence-electron chi connectivity index (χ3n) is 3.22. The van der Waals surface area contributed by atoms with Crippen molar-refractivity contribution in [1.29, 1.82) is 0 Å². The summed E-state index contributed by atoms with van der Waals surface area (Å²) in [4.78, 5) is 11.0. The first kappa shape index (κ1) is 11.7. The van der Waals surface area contributed by atoms with Gasteiger partial charge in [-0.15, -0.1) is 0 Å². The number of carboxylic acids is 1. The van der Waals surface area contributed by atoms with E-state index in [0.29, 0.717) is 17.9 Å². The molecule has 92 valence electrons. The second-order valence-corrected chi connectivity index (χ2v) is 4.21. The Kier molecular flexibility index (Phi) is 2.71. The molecule has 5 nitrogen and oxygen atoms in total. The molecule has 3 N–H and O–H groups in total. The summed E-state index contributed by atoms with van der Waals surface area (Å²) in [6.45, 7) is 0. The number of methoxy groups -OCH3 is 2. The van der Waals surface area contributed by atoms with E-state index in [-0.39, 0.29) is 5.92 Å². The Balaban J connectivity index is 2.32. The van der Waals surface area contributed by atoms with Crippen LogP contribution in [-0.2, 0) is 4.79 Å². The Morgan fingerprint density at radius 1 is 1.47 bits per heavy atom. The molecule has 0 aliphatic heterocycles. The van der Waals surface area contributed by atoms with Crippen LogP contribution in [0.15, 0.2) is 18.2 Å². The van der Waals surface area contributed by atoms with Crippen molar-refractivity contribution >= 4 is 5.97 Å². The Morgan fingerprint density at radius 3 is 2.65 bits per heavy atom. The molecular weight excluding hydrogens is 222 g/mol. The monoisotopic (exact) mass is 237 g/mol. The SMILES string of the molecule is COc1ccc(C2CC2(N)C(=O)O)c(OC)c1. The fraction of sp³-hybridized carbons (Fsp3) is 0.417. The van der Waals surface area contributed by atoms with Crippen molar-refractivity contribution in [2.45, 2.75) is 17.9 Å². The summed E-state index contributed by atoms with van der Waals surface area (Å²) in [6.07, 6.45) is 0.436. The normalized spacial score (nSPS) is 26.4. The first-order valence-electron chi connectivity index (χ1n) is 5.27. The predicted molar refractivity (Wildman–Crippen MR) is 61.5 cm³/mol.